The highest BCUT2D eigenvalue weighted by Crippen LogP contribution is 2.57. The van der Waals surface area contributed by atoms with Gasteiger partial charge in [0.15, 0.2) is 0 Å². The Labute approximate surface area is 406 Å². The van der Waals surface area contributed by atoms with Crippen molar-refractivity contribution >= 4 is 60.8 Å². The average molecular weight is 893 g/mol. The molecule has 0 N–H and O–H groups in total. The molecule has 14 rings (SSSR count). The van der Waals surface area contributed by atoms with Crippen LogP contribution in [0, 0.1) is 0 Å². The fourth-order valence-corrected chi connectivity index (χ4v) is 11.6. The Hall–Kier alpha value is -9.18. The van der Waals surface area contributed by atoms with E-state index in [4.69, 9.17) is 4.42 Å². The van der Waals surface area contributed by atoms with Gasteiger partial charge in [-0.2, -0.15) is 0 Å². The fourth-order valence-electron chi connectivity index (χ4n) is 11.6. The van der Waals surface area contributed by atoms with Crippen molar-refractivity contribution in [1.82, 2.24) is 4.57 Å². The van der Waals surface area contributed by atoms with Gasteiger partial charge < -0.3 is 13.9 Å². The quantitative estimate of drug-likeness (QED) is 0.152. The number of hydrogen-bond donors (Lipinski definition) is 0. The number of nitrogens with zero attached hydrogens (tertiary/aromatic N) is 2. The standard InChI is InChI=1S/C67H44N2O/c1-3-17-49(18-4-1)67(50-19-5-2-6-20-50)61-26-11-7-22-55(61)59-44-54(39-40-62(59)67)68(52-37-32-46(33-38-52)48-34-41-66-60(43-48)58-25-10-14-29-65(58)70-66)51-35-30-45(31-36-51)47-16-15-21-53(42-47)69-63-27-12-8-23-56(63)57-24-9-13-28-64(57)69/h1-44H. The Morgan fingerprint density at radius 2 is 0.829 bits per heavy atom. The lowest BCUT2D eigenvalue weighted by Gasteiger charge is -2.34. The maximum Gasteiger partial charge on any atom is 0.135 e. The van der Waals surface area contributed by atoms with Gasteiger partial charge in [0.2, 0.25) is 0 Å². The van der Waals surface area contributed by atoms with Crippen molar-refractivity contribution in [3.05, 3.63) is 289 Å². The van der Waals surface area contributed by atoms with Crippen LogP contribution in [-0.4, -0.2) is 4.57 Å². The Morgan fingerprint density at radius 1 is 0.314 bits per heavy atom. The first-order valence-corrected chi connectivity index (χ1v) is 24.1. The second-order valence-electron chi connectivity index (χ2n) is 18.4. The molecule has 1 aliphatic rings. The molecule has 2 heterocycles. The third kappa shape index (κ3) is 6.15. The van der Waals surface area contributed by atoms with Gasteiger partial charge in [-0.05, 0) is 134 Å². The molecule has 328 valence electrons. The maximum atomic E-state index is 6.19. The van der Waals surface area contributed by atoms with Crippen LogP contribution in [-0.2, 0) is 5.41 Å². The third-order valence-corrected chi connectivity index (χ3v) is 14.7. The number of furan rings is 1. The highest BCUT2D eigenvalue weighted by molar-refractivity contribution is 6.09. The number of rotatable bonds is 8. The van der Waals surface area contributed by atoms with Crippen molar-refractivity contribution in [2.75, 3.05) is 4.90 Å². The Balaban J connectivity index is 0.903. The smallest absolute Gasteiger partial charge is 0.135 e. The van der Waals surface area contributed by atoms with Crippen molar-refractivity contribution in [2.45, 2.75) is 5.41 Å². The van der Waals surface area contributed by atoms with Gasteiger partial charge in [0, 0.05) is 44.3 Å². The van der Waals surface area contributed by atoms with E-state index < -0.39 is 5.41 Å². The maximum absolute atomic E-state index is 6.19. The summed E-state index contributed by atoms with van der Waals surface area (Å²) < 4.78 is 8.58. The summed E-state index contributed by atoms with van der Waals surface area (Å²) in [5.41, 5.74) is 20.3. The number of para-hydroxylation sites is 3. The lowest BCUT2D eigenvalue weighted by molar-refractivity contribution is 0.669. The van der Waals surface area contributed by atoms with Gasteiger partial charge in [-0.1, -0.05) is 188 Å². The summed E-state index contributed by atoms with van der Waals surface area (Å²) in [6, 6.07) is 97.3. The molecule has 11 aromatic carbocycles. The van der Waals surface area contributed by atoms with Crippen LogP contribution in [0.1, 0.15) is 22.3 Å². The Morgan fingerprint density at radius 3 is 1.50 bits per heavy atom. The van der Waals surface area contributed by atoms with E-state index in [-0.39, 0.29) is 0 Å². The fraction of sp³-hybridized carbons (Fsp3) is 0.0149. The largest absolute Gasteiger partial charge is 0.456 e. The predicted molar refractivity (Wildman–Crippen MR) is 291 cm³/mol. The minimum absolute atomic E-state index is 0.476. The summed E-state index contributed by atoms with van der Waals surface area (Å²) >= 11 is 0. The number of benzene rings is 11. The molecule has 13 aromatic rings. The molecule has 0 fully saturated rings. The Bertz CT molecular complexity index is 4020. The van der Waals surface area contributed by atoms with Gasteiger partial charge in [-0.3, -0.25) is 0 Å². The molecule has 0 spiro atoms. The third-order valence-electron chi connectivity index (χ3n) is 14.7. The van der Waals surface area contributed by atoms with Crippen LogP contribution in [0.15, 0.2) is 271 Å². The van der Waals surface area contributed by atoms with Crippen LogP contribution in [0.3, 0.4) is 0 Å². The van der Waals surface area contributed by atoms with E-state index in [9.17, 15) is 0 Å². The van der Waals surface area contributed by atoms with Crippen molar-refractivity contribution in [3.8, 4) is 39.1 Å². The van der Waals surface area contributed by atoms with Gasteiger partial charge in [-0.15, -0.1) is 0 Å². The summed E-state index contributed by atoms with van der Waals surface area (Å²) in [7, 11) is 0. The van der Waals surface area contributed by atoms with Gasteiger partial charge >= 0.3 is 0 Å². The zero-order chi connectivity index (χ0) is 46.2. The Kier molecular flexibility index (Phi) is 9.11. The molecular formula is C67H44N2O. The van der Waals surface area contributed by atoms with Crippen LogP contribution in [0.5, 0.6) is 0 Å². The lowest BCUT2D eigenvalue weighted by Crippen LogP contribution is -2.28. The van der Waals surface area contributed by atoms with Crippen molar-refractivity contribution in [3.63, 3.8) is 0 Å². The monoisotopic (exact) mass is 892 g/mol. The molecule has 70 heavy (non-hydrogen) atoms. The second kappa shape index (κ2) is 16.0. The summed E-state index contributed by atoms with van der Waals surface area (Å²) in [5, 5.41) is 4.77. The first-order chi connectivity index (χ1) is 34.7. The first-order valence-electron chi connectivity index (χ1n) is 24.1. The van der Waals surface area contributed by atoms with Crippen LogP contribution < -0.4 is 4.90 Å². The molecule has 0 bridgehead atoms. The molecule has 3 heteroatoms. The predicted octanol–water partition coefficient (Wildman–Crippen LogP) is 17.8. The summed E-state index contributed by atoms with van der Waals surface area (Å²) in [6.45, 7) is 0. The van der Waals surface area contributed by atoms with Gasteiger partial charge in [-0.25, -0.2) is 0 Å². The summed E-state index contributed by atoms with van der Waals surface area (Å²) in [4.78, 5) is 2.41. The molecular weight excluding hydrogens is 849 g/mol. The molecule has 0 saturated carbocycles. The summed E-state index contributed by atoms with van der Waals surface area (Å²) in [6.07, 6.45) is 0. The zero-order valence-corrected chi connectivity index (χ0v) is 38.2. The van der Waals surface area contributed by atoms with Gasteiger partial charge in [0.1, 0.15) is 11.2 Å². The van der Waals surface area contributed by atoms with E-state index in [1.807, 2.05) is 12.1 Å². The van der Waals surface area contributed by atoms with E-state index in [0.29, 0.717) is 0 Å². The summed E-state index contributed by atoms with van der Waals surface area (Å²) in [5.74, 6) is 0. The van der Waals surface area contributed by atoms with Crippen molar-refractivity contribution in [2.24, 2.45) is 0 Å². The SMILES string of the molecule is c1ccc(C2(c3ccccc3)c3ccccc3-c3cc(N(c4ccc(-c5cccc(-n6c7ccccc7c7ccccc76)c5)cc4)c4ccc(-c5ccc6oc7ccccc7c6c5)cc4)ccc32)cc1. The number of anilines is 3. The molecule has 1 aliphatic carbocycles. The van der Waals surface area contributed by atoms with Crippen molar-refractivity contribution in [1.29, 1.82) is 0 Å². The normalized spacial score (nSPS) is 12.7. The highest BCUT2D eigenvalue weighted by atomic mass is 16.3. The van der Waals surface area contributed by atoms with Crippen LogP contribution in [0.4, 0.5) is 17.1 Å². The molecule has 0 amide bonds. The molecule has 0 atom stereocenters. The minimum atomic E-state index is -0.476. The molecule has 0 radical (unpaired) electrons. The van der Waals surface area contributed by atoms with E-state index in [1.54, 1.807) is 0 Å². The lowest BCUT2D eigenvalue weighted by atomic mass is 9.68. The van der Waals surface area contributed by atoms with Crippen LogP contribution in [0.2, 0.25) is 0 Å². The molecule has 0 aliphatic heterocycles. The second-order valence-corrected chi connectivity index (χ2v) is 18.4. The number of fused-ring (bicyclic) bond motifs is 9. The van der Waals surface area contributed by atoms with E-state index in [1.165, 1.54) is 55.2 Å². The van der Waals surface area contributed by atoms with Crippen LogP contribution in [0.25, 0.3) is 82.8 Å². The van der Waals surface area contributed by atoms with Gasteiger partial charge in [0.05, 0.1) is 16.4 Å². The van der Waals surface area contributed by atoms with E-state index >= 15 is 0 Å². The van der Waals surface area contributed by atoms with Crippen molar-refractivity contribution < 1.29 is 4.42 Å². The average Bonchev–Trinajstić information content (AvgIpc) is 4.08. The van der Waals surface area contributed by atoms with E-state index in [0.717, 1.165) is 66.9 Å². The molecule has 3 nitrogen and oxygen atoms in total. The van der Waals surface area contributed by atoms with Gasteiger partial charge in [0.25, 0.3) is 0 Å². The molecule has 2 aromatic heterocycles. The molecule has 0 saturated heterocycles. The minimum Gasteiger partial charge on any atom is -0.456 e. The number of hydrogen-bond acceptors (Lipinski definition) is 2. The molecule has 0 unspecified atom stereocenters. The highest BCUT2D eigenvalue weighted by Gasteiger charge is 2.46. The van der Waals surface area contributed by atoms with Crippen LogP contribution >= 0.6 is 0 Å². The topological polar surface area (TPSA) is 21.3 Å². The number of aromatic nitrogens is 1. The van der Waals surface area contributed by atoms with E-state index in [2.05, 4.69) is 264 Å². The first kappa shape index (κ1) is 39.9. The zero-order valence-electron chi connectivity index (χ0n) is 38.2.